The van der Waals surface area contributed by atoms with Gasteiger partial charge in [-0.15, -0.1) is 11.3 Å². The van der Waals surface area contributed by atoms with E-state index in [1.54, 1.807) is 17.6 Å². The van der Waals surface area contributed by atoms with Crippen molar-refractivity contribution in [1.29, 1.82) is 0 Å². The van der Waals surface area contributed by atoms with Crippen LogP contribution in [0.3, 0.4) is 0 Å². The number of thiophene rings is 1. The van der Waals surface area contributed by atoms with Crippen LogP contribution in [0.15, 0.2) is 34.9 Å². The molecule has 4 nitrogen and oxygen atoms in total. The zero-order valence-corrected chi connectivity index (χ0v) is 13.5. The number of piperidine rings is 1. The second kappa shape index (κ2) is 6.67. The Balaban J connectivity index is 1.99. The van der Waals surface area contributed by atoms with Crippen molar-refractivity contribution in [2.45, 2.75) is 44.7 Å². The standard InChI is InChI=1S/C17H21NO3S/c1-2-12-8-9-15(22-12)16(14-7-5-11-21-14)18-10-4-3-6-13(18)17(19)20/h5,7-9,11,13,16H,2-4,6,10H2,1H3,(H,19,20). The van der Waals surface area contributed by atoms with Gasteiger partial charge in [-0.05, 0) is 43.5 Å². The highest BCUT2D eigenvalue weighted by molar-refractivity contribution is 7.12. The van der Waals surface area contributed by atoms with Crippen LogP contribution >= 0.6 is 11.3 Å². The number of aryl methyl sites for hydroxylation is 1. The van der Waals surface area contributed by atoms with Crippen LogP contribution in [0.2, 0.25) is 0 Å². The minimum atomic E-state index is -0.733. The van der Waals surface area contributed by atoms with Crippen molar-refractivity contribution in [3.63, 3.8) is 0 Å². The summed E-state index contributed by atoms with van der Waals surface area (Å²) in [6, 6.07) is 7.54. The normalized spacial score (nSPS) is 20.9. The summed E-state index contributed by atoms with van der Waals surface area (Å²) in [5, 5.41) is 9.58. The topological polar surface area (TPSA) is 53.7 Å². The van der Waals surface area contributed by atoms with Crippen molar-refractivity contribution in [2.24, 2.45) is 0 Å². The molecule has 5 heteroatoms. The highest BCUT2D eigenvalue weighted by atomic mass is 32.1. The molecule has 2 unspecified atom stereocenters. The number of hydrogen-bond donors (Lipinski definition) is 1. The lowest BCUT2D eigenvalue weighted by Crippen LogP contribution is -2.46. The fourth-order valence-corrected chi connectivity index (χ4v) is 4.26. The summed E-state index contributed by atoms with van der Waals surface area (Å²) in [6.45, 7) is 2.93. The molecule has 0 radical (unpaired) electrons. The highest BCUT2D eigenvalue weighted by Gasteiger charge is 2.36. The monoisotopic (exact) mass is 319 g/mol. The van der Waals surface area contributed by atoms with E-state index in [0.29, 0.717) is 6.42 Å². The lowest BCUT2D eigenvalue weighted by molar-refractivity contribution is -0.145. The van der Waals surface area contributed by atoms with E-state index < -0.39 is 12.0 Å². The third-order valence-electron chi connectivity index (χ3n) is 4.27. The number of carbonyl (C=O) groups is 1. The molecular weight excluding hydrogens is 298 g/mol. The summed E-state index contributed by atoms with van der Waals surface area (Å²) >= 11 is 1.75. The van der Waals surface area contributed by atoms with E-state index >= 15 is 0 Å². The molecule has 1 aliphatic heterocycles. The van der Waals surface area contributed by atoms with Gasteiger partial charge >= 0.3 is 5.97 Å². The summed E-state index contributed by atoms with van der Waals surface area (Å²) in [4.78, 5) is 16.2. The molecule has 1 fully saturated rings. The Morgan fingerprint density at radius 2 is 2.32 bits per heavy atom. The fourth-order valence-electron chi connectivity index (χ4n) is 3.17. The highest BCUT2D eigenvalue weighted by Crippen LogP contribution is 2.37. The number of nitrogens with zero attached hydrogens (tertiary/aromatic N) is 1. The van der Waals surface area contributed by atoms with E-state index in [1.165, 1.54) is 9.75 Å². The van der Waals surface area contributed by atoms with Gasteiger partial charge in [0.25, 0.3) is 0 Å². The first-order valence-electron chi connectivity index (χ1n) is 7.81. The van der Waals surface area contributed by atoms with E-state index in [9.17, 15) is 9.90 Å². The quantitative estimate of drug-likeness (QED) is 0.907. The van der Waals surface area contributed by atoms with E-state index in [2.05, 4.69) is 24.0 Å². The Hall–Kier alpha value is -1.59. The maximum absolute atomic E-state index is 11.7. The largest absolute Gasteiger partial charge is 0.480 e. The first kappa shape index (κ1) is 15.3. The number of aliphatic carboxylic acids is 1. The van der Waals surface area contributed by atoms with Crippen LogP contribution in [-0.4, -0.2) is 28.6 Å². The summed E-state index contributed by atoms with van der Waals surface area (Å²) in [5.41, 5.74) is 0. The van der Waals surface area contributed by atoms with Crippen LogP contribution in [-0.2, 0) is 11.2 Å². The van der Waals surface area contributed by atoms with Crippen molar-refractivity contribution in [2.75, 3.05) is 6.54 Å². The maximum atomic E-state index is 11.7. The van der Waals surface area contributed by atoms with Crippen molar-refractivity contribution in [3.05, 3.63) is 46.0 Å². The predicted molar refractivity (Wildman–Crippen MR) is 86.2 cm³/mol. The molecule has 118 valence electrons. The van der Waals surface area contributed by atoms with Gasteiger partial charge in [0.1, 0.15) is 17.8 Å². The number of furan rings is 1. The number of hydrogen-bond acceptors (Lipinski definition) is 4. The summed E-state index contributed by atoms with van der Waals surface area (Å²) in [6.07, 6.45) is 5.38. The lowest BCUT2D eigenvalue weighted by atomic mass is 9.98. The Bertz CT molecular complexity index is 620. The zero-order valence-electron chi connectivity index (χ0n) is 12.7. The maximum Gasteiger partial charge on any atom is 0.320 e. The van der Waals surface area contributed by atoms with Crippen LogP contribution in [0.4, 0.5) is 0 Å². The number of carboxylic acid groups (broad SMARTS) is 1. The number of carboxylic acids is 1. The molecule has 0 aromatic carbocycles. The first-order valence-corrected chi connectivity index (χ1v) is 8.63. The molecule has 0 bridgehead atoms. The van der Waals surface area contributed by atoms with Gasteiger partial charge in [-0.25, -0.2) is 0 Å². The van der Waals surface area contributed by atoms with Gasteiger partial charge in [0.05, 0.1) is 6.26 Å². The summed E-state index contributed by atoms with van der Waals surface area (Å²) in [5.74, 6) is 0.0983. The molecule has 1 aliphatic rings. The van der Waals surface area contributed by atoms with Crippen LogP contribution < -0.4 is 0 Å². The van der Waals surface area contributed by atoms with Gasteiger partial charge in [0.2, 0.25) is 0 Å². The molecule has 0 aliphatic carbocycles. The minimum Gasteiger partial charge on any atom is -0.480 e. The smallest absolute Gasteiger partial charge is 0.320 e. The molecule has 1 N–H and O–H groups in total. The molecular formula is C17H21NO3S. The Kier molecular flexibility index (Phi) is 4.64. The Labute approximate surface area is 134 Å². The average Bonchev–Trinajstić information content (AvgIpc) is 3.20. The third kappa shape index (κ3) is 2.96. The average molecular weight is 319 g/mol. The van der Waals surface area contributed by atoms with Gasteiger partial charge < -0.3 is 9.52 Å². The van der Waals surface area contributed by atoms with Gasteiger partial charge in [0, 0.05) is 16.3 Å². The number of rotatable bonds is 5. The van der Waals surface area contributed by atoms with Gasteiger partial charge in [-0.1, -0.05) is 13.3 Å². The van der Waals surface area contributed by atoms with E-state index in [1.807, 2.05) is 12.1 Å². The SMILES string of the molecule is CCc1ccc(C(c2ccco2)N2CCCCC2C(=O)O)s1. The molecule has 0 spiro atoms. The van der Waals surface area contributed by atoms with Gasteiger partial charge in [0.15, 0.2) is 0 Å². The molecule has 0 amide bonds. The van der Waals surface area contributed by atoms with E-state index in [0.717, 1.165) is 31.6 Å². The van der Waals surface area contributed by atoms with Crippen molar-refractivity contribution >= 4 is 17.3 Å². The van der Waals surface area contributed by atoms with E-state index in [-0.39, 0.29) is 6.04 Å². The molecule has 2 aromatic rings. The predicted octanol–water partition coefficient (Wildman–Crippen LogP) is 3.93. The van der Waals surface area contributed by atoms with Crippen molar-refractivity contribution in [3.8, 4) is 0 Å². The second-order valence-electron chi connectivity index (χ2n) is 5.66. The summed E-state index contributed by atoms with van der Waals surface area (Å²) in [7, 11) is 0. The molecule has 3 heterocycles. The van der Waals surface area contributed by atoms with Crippen molar-refractivity contribution in [1.82, 2.24) is 4.90 Å². The van der Waals surface area contributed by atoms with Crippen LogP contribution in [0.25, 0.3) is 0 Å². The third-order valence-corrected chi connectivity index (χ3v) is 5.56. The van der Waals surface area contributed by atoms with Crippen LogP contribution in [0, 0.1) is 0 Å². The first-order chi connectivity index (χ1) is 10.7. The van der Waals surface area contributed by atoms with Crippen molar-refractivity contribution < 1.29 is 14.3 Å². The second-order valence-corrected chi connectivity index (χ2v) is 6.86. The lowest BCUT2D eigenvalue weighted by Gasteiger charge is -2.37. The Morgan fingerprint density at radius 3 is 2.95 bits per heavy atom. The fraction of sp³-hybridized carbons (Fsp3) is 0.471. The Morgan fingerprint density at radius 1 is 1.45 bits per heavy atom. The van der Waals surface area contributed by atoms with Gasteiger partial charge in [-0.3, -0.25) is 9.69 Å². The zero-order chi connectivity index (χ0) is 15.5. The molecule has 0 saturated carbocycles. The molecule has 2 aromatic heterocycles. The minimum absolute atomic E-state index is 0.0956. The molecule has 3 rings (SSSR count). The van der Waals surface area contributed by atoms with Crippen LogP contribution in [0.1, 0.15) is 47.7 Å². The summed E-state index contributed by atoms with van der Waals surface area (Å²) < 4.78 is 5.65. The molecule has 2 atom stereocenters. The number of likely N-dealkylation sites (tertiary alicyclic amines) is 1. The van der Waals surface area contributed by atoms with Crippen LogP contribution in [0.5, 0.6) is 0 Å². The van der Waals surface area contributed by atoms with E-state index in [4.69, 9.17) is 4.42 Å². The molecule has 1 saturated heterocycles. The van der Waals surface area contributed by atoms with Gasteiger partial charge in [-0.2, -0.15) is 0 Å². The molecule has 22 heavy (non-hydrogen) atoms.